The van der Waals surface area contributed by atoms with Crippen LogP contribution in [-0.4, -0.2) is 55.4 Å². The fourth-order valence-electron chi connectivity index (χ4n) is 5.36. The Morgan fingerprint density at radius 3 is 1.78 bits per heavy atom. The highest BCUT2D eigenvalue weighted by Gasteiger charge is 2.34. The number of H-pyrrole nitrogens is 2. The van der Waals surface area contributed by atoms with Gasteiger partial charge in [0.05, 0.1) is 46.7 Å². The Labute approximate surface area is 256 Å². The van der Waals surface area contributed by atoms with Crippen molar-refractivity contribution in [3.05, 3.63) is 127 Å². The number of para-hydroxylation sites is 1. The van der Waals surface area contributed by atoms with Crippen LogP contribution in [0.4, 0.5) is 0 Å². The van der Waals surface area contributed by atoms with Crippen molar-refractivity contribution in [3.8, 4) is 35.2 Å². The molecule has 0 unspecified atom stereocenters. The van der Waals surface area contributed by atoms with Gasteiger partial charge >= 0.3 is 11.9 Å². The molecule has 0 bridgehead atoms. The van der Waals surface area contributed by atoms with Gasteiger partial charge in [-0.2, -0.15) is 0 Å². The lowest BCUT2D eigenvalue weighted by molar-refractivity contribution is 0.0686. The number of ether oxygens (including phenoxy) is 2. The number of aromatic nitrogens is 4. The van der Waals surface area contributed by atoms with Crippen LogP contribution in [0.1, 0.15) is 54.7 Å². The molecule has 2 heterocycles. The number of aromatic amines is 2. The van der Waals surface area contributed by atoms with E-state index in [1.54, 1.807) is 44.2 Å². The lowest BCUT2D eigenvalue weighted by atomic mass is 9.84. The van der Waals surface area contributed by atoms with Crippen molar-refractivity contribution in [3.63, 3.8) is 0 Å². The third kappa shape index (κ3) is 5.50. The molecule has 2 aromatic heterocycles. The molecule has 0 atom stereocenters. The van der Waals surface area contributed by atoms with E-state index in [0.29, 0.717) is 22.7 Å². The van der Waals surface area contributed by atoms with Crippen LogP contribution in [-0.2, 0) is 0 Å². The molecule has 0 aliphatic carbocycles. The minimum Gasteiger partial charge on any atom is -0.493 e. The van der Waals surface area contributed by atoms with Crippen LogP contribution < -0.4 is 20.6 Å². The Balaban J connectivity index is 1.82. The lowest BCUT2D eigenvalue weighted by Gasteiger charge is -2.21. The Morgan fingerprint density at radius 1 is 0.844 bits per heavy atom. The summed E-state index contributed by atoms with van der Waals surface area (Å²) in [6.45, 7) is 3.21. The summed E-state index contributed by atoms with van der Waals surface area (Å²) in [6, 6.07) is 16.8. The molecular weight excluding hydrogens is 580 g/mol. The number of hydrogen-bond acceptors (Lipinski definition) is 6. The maximum absolute atomic E-state index is 14.3. The van der Waals surface area contributed by atoms with Crippen LogP contribution in [0.2, 0.25) is 0 Å². The fourth-order valence-corrected chi connectivity index (χ4v) is 5.36. The van der Waals surface area contributed by atoms with Crippen molar-refractivity contribution in [2.75, 3.05) is 13.7 Å². The first-order chi connectivity index (χ1) is 21.6. The van der Waals surface area contributed by atoms with Gasteiger partial charge < -0.3 is 19.7 Å². The van der Waals surface area contributed by atoms with Gasteiger partial charge in [0.1, 0.15) is 6.61 Å². The molecular formula is C33H28N4O8. The summed E-state index contributed by atoms with van der Waals surface area (Å²) in [6.07, 6.45) is 5.50. The Kier molecular flexibility index (Phi) is 8.19. The van der Waals surface area contributed by atoms with E-state index in [2.05, 4.69) is 16.1 Å². The number of methoxy groups -OCH3 is 1. The van der Waals surface area contributed by atoms with E-state index in [1.807, 2.05) is 0 Å². The van der Waals surface area contributed by atoms with Gasteiger partial charge in [-0.25, -0.2) is 19.0 Å². The normalized spacial score (nSPS) is 10.9. The number of carbonyl (C=O) groups is 2. The summed E-state index contributed by atoms with van der Waals surface area (Å²) in [4.78, 5) is 51.8. The standard InChI is InChI=1S/C33H28N4O8/c1-5-15-45-29-24(13-8-14-25(29)44-4)28(26-18(2)34-36(30(26)38)22-11-6-9-20(16-22)32(40)41)27-19(3)35-37(31(27)39)23-12-7-10-21(17-23)33(42)43/h1,6-14,16-17,28,34-35H,15H2,2-4H3,(H,40,41)(H,42,43). The molecule has 0 saturated carbocycles. The van der Waals surface area contributed by atoms with Crippen LogP contribution in [0.5, 0.6) is 11.5 Å². The van der Waals surface area contributed by atoms with Crippen molar-refractivity contribution in [2.45, 2.75) is 19.8 Å². The fraction of sp³-hybridized carbons (Fsp3) is 0.152. The SMILES string of the molecule is C#CCOc1c(OC)cccc1C(c1c(C)[nH]n(-c2cccc(C(=O)O)c2)c1=O)c1c(C)[nH]n(-c2cccc(C(=O)O)c2)c1=O. The molecule has 4 N–H and O–H groups in total. The Morgan fingerprint density at radius 2 is 1.33 bits per heavy atom. The third-order valence-corrected chi connectivity index (χ3v) is 7.35. The van der Waals surface area contributed by atoms with Crippen LogP contribution in [0.25, 0.3) is 11.4 Å². The number of terminal acetylenes is 1. The number of nitrogens with zero attached hydrogens (tertiary/aromatic N) is 2. The van der Waals surface area contributed by atoms with E-state index < -0.39 is 29.0 Å². The monoisotopic (exact) mass is 608 g/mol. The van der Waals surface area contributed by atoms with E-state index in [-0.39, 0.29) is 46.0 Å². The molecule has 0 spiro atoms. The second kappa shape index (κ2) is 12.2. The van der Waals surface area contributed by atoms with Gasteiger partial charge in [-0.15, -0.1) is 6.42 Å². The Hall–Kier alpha value is -6.22. The van der Waals surface area contributed by atoms with Gasteiger partial charge in [-0.3, -0.25) is 19.8 Å². The first kappa shape index (κ1) is 30.2. The van der Waals surface area contributed by atoms with Crippen LogP contribution >= 0.6 is 0 Å². The molecule has 12 heteroatoms. The summed E-state index contributed by atoms with van der Waals surface area (Å²) in [5.74, 6) is -0.403. The average Bonchev–Trinajstić information content (AvgIpc) is 3.50. The smallest absolute Gasteiger partial charge is 0.335 e. The third-order valence-electron chi connectivity index (χ3n) is 7.35. The van der Waals surface area contributed by atoms with Gasteiger partial charge in [0.2, 0.25) is 0 Å². The summed E-state index contributed by atoms with van der Waals surface area (Å²) in [5, 5.41) is 25.1. The average molecular weight is 609 g/mol. The second-order valence-corrected chi connectivity index (χ2v) is 10.1. The highest BCUT2D eigenvalue weighted by molar-refractivity contribution is 5.88. The van der Waals surface area contributed by atoms with E-state index in [1.165, 1.54) is 52.9 Å². The lowest BCUT2D eigenvalue weighted by Crippen LogP contribution is -2.26. The first-order valence-electron chi connectivity index (χ1n) is 13.6. The first-order valence-corrected chi connectivity index (χ1v) is 13.6. The summed E-state index contributed by atoms with van der Waals surface area (Å²) in [7, 11) is 1.45. The molecule has 0 radical (unpaired) electrons. The van der Waals surface area contributed by atoms with Gasteiger partial charge in [-0.1, -0.05) is 30.2 Å². The van der Waals surface area contributed by atoms with Gasteiger partial charge in [-0.05, 0) is 56.3 Å². The van der Waals surface area contributed by atoms with E-state index in [9.17, 15) is 29.4 Å². The van der Waals surface area contributed by atoms with Gasteiger partial charge in [0, 0.05) is 17.0 Å². The Bertz CT molecular complexity index is 1990. The van der Waals surface area contributed by atoms with Crippen LogP contribution in [0.3, 0.4) is 0 Å². The maximum Gasteiger partial charge on any atom is 0.335 e. The van der Waals surface area contributed by atoms with Crippen LogP contribution in [0, 0.1) is 26.2 Å². The minimum atomic E-state index is -1.16. The van der Waals surface area contributed by atoms with Crippen LogP contribution in [0.15, 0.2) is 76.3 Å². The zero-order chi connectivity index (χ0) is 32.4. The van der Waals surface area contributed by atoms with Gasteiger partial charge in [0.25, 0.3) is 11.1 Å². The second-order valence-electron chi connectivity index (χ2n) is 10.1. The van der Waals surface area contributed by atoms with Crippen molar-refractivity contribution in [1.82, 2.24) is 19.6 Å². The quantitative estimate of drug-likeness (QED) is 0.173. The number of rotatable bonds is 10. The predicted molar refractivity (Wildman–Crippen MR) is 164 cm³/mol. The summed E-state index contributed by atoms with van der Waals surface area (Å²) >= 11 is 0. The van der Waals surface area contributed by atoms with Crippen molar-refractivity contribution in [2.24, 2.45) is 0 Å². The molecule has 0 fully saturated rings. The molecule has 45 heavy (non-hydrogen) atoms. The van der Waals surface area contributed by atoms with Crippen molar-refractivity contribution < 1.29 is 29.3 Å². The predicted octanol–water partition coefficient (Wildman–Crippen LogP) is 3.86. The zero-order valence-corrected chi connectivity index (χ0v) is 24.5. The number of nitrogens with one attached hydrogen (secondary N) is 2. The molecule has 0 aliphatic heterocycles. The summed E-state index contributed by atoms with van der Waals surface area (Å²) < 4.78 is 13.9. The number of carboxylic acids is 2. The molecule has 0 aliphatic rings. The van der Waals surface area contributed by atoms with Gasteiger partial charge in [0.15, 0.2) is 11.5 Å². The van der Waals surface area contributed by atoms with E-state index in [4.69, 9.17) is 15.9 Å². The number of benzene rings is 3. The molecule has 0 saturated heterocycles. The highest BCUT2D eigenvalue weighted by atomic mass is 16.5. The minimum absolute atomic E-state index is 0.0181. The topological polar surface area (TPSA) is 169 Å². The molecule has 5 aromatic rings. The largest absolute Gasteiger partial charge is 0.493 e. The number of aryl methyl sites for hydroxylation is 2. The number of carboxylic acid groups (broad SMARTS) is 2. The molecule has 0 amide bonds. The molecule has 12 nitrogen and oxygen atoms in total. The van der Waals surface area contributed by atoms with E-state index in [0.717, 1.165) is 0 Å². The van der Waals surface area contributed by atoms with Crippen molar-refractivity contribution in [1.29, 1.82) is 0 Å². The van der Waals surface area contributed by atoms with E-state index >= 15 is 0 Å². The number of hydrogen-bond donors (Lipinski definition) is 4. The molecule has 3 aromatic carbocycles. The maximum atomic E-state index is 14.3. The van der Waals surface area contributed by atoms with Crippen molar-refractivity contribution >= 4 is 11.9 Å². The summed E-state index contributed by atoms with van der Waals surface area (Å²) in [5.41, 5.74) is 1.00. The molecule has 5 rings (SSSR count). The molecule has 228 valence electrons. The number of aromatic carboxylic acids is 2. The zero-order valence-electron chi connectivity index (χ0n) is 24.5. The highest BCUT2D eigenvalue weighted by Crippen LogP contribution is 2.42.